The molecule has 0 spiro atoms. The Morgan fingerprint density at radius 1 is 1.19 bits per heavy atom. The highest BCUT2D eigenvalue weighted by atomic mass is 32.2. The number of carbonyl (C=O) groups excluding carboxylic acids is 2. The number of aromatic amines is 1. The van der Waals surface area contributed by atoms with E-state index in [4.69, 9.17) is 12.2 Å². The maximum Gasteiger partial charge on any atom is 0.266 e. The molecular weight excluding hydrogens is 433 g/mol. The summed E-state index contributed by atoms with van der Waals surface area (Å²) in [6.45, 7) is 0.699. The number of carbonyl (C=O) groups is 2. The highest BCUT2D eigenvalue weighted by Crippen LogP contribution is 2.33. The predicted molar refractivity (Wildman–Crippen MR) is 126 cm³/mol. The van der Waals surface area contributed by atoms with Crippen molar-refractivity contribution >= 4 is 57.1 Å². The maximum absolute atomic E-state index is 13.9. The molecule has 0 aliphatic carbocycles. The lowest BCUT2D eigenvalue weighted by Gasteiger charge is -2.14. The number of H-pyrrole nitrogens is 1. The summed E-state index contributed by atoms with van der Waals surface area (Å²) in [4.78, 5) is 29.9. The fourth-order valence-electron chi connectivity index (χ4n) is 3.40. The van der Waals surface area contributed by atoms with Gasteiger partial charge in [-0.05, 0) is 30.2 Å². The number of nitrogens with zero attached hydrogens (tertiary/aromatic N) is 1. The number of benzene rings is 2. The Balaban J connectivity index is 1.28. The van der Waals surface area contributed by atoms with Crippen molar-refractivity contribution in [3.8, 4) is 0 Å². The van der Waals surface area contributed by atoms with Gasteiger partial charge in [0.1, 0.15) is 10.1 Å². The number of hydrogen-bond acceptors (Lipinski definition) is 4. The number of hydrogen-bond donors (Lipinski definition) is 2. The first-order valence-corrected chi connectivity index (χ1v) is 11.1. The smallest absolute Gasteiger partial charge is 0.266 e. The molecule has 1 aliphatic heterocycles. The first-order valence-electron chi connectivity index (χ1n) is 9.84. The van der Waals surface area contributed by atoms with Gasteiger partial charge in [-0.2, -0.15) is 0 Å². The molecule has 8 heteroatoms. The number of halogens is 1. The van der Waals surface area contributed by atoms with Crippen LogP contribution in [-0.4, -0.2) is 39.1 Å². The van der Waals surface area contributed by atoms with E-state index in [1.54, 1.807) is 18.2 Å². The molecule has 2 amide bonds. The van der Waals surface area contributed by atoms with Crippen LogP contribution in [0.25, 0.3) is 17.0 Å². The molecule has 1 aromatic heterocycles. The van der Waals surface area contributed by atoms with Crippen LogP contribution in [0.2, 0.25) is 0 Å². The highest BCUT2D eigenvalue weighted by Gasteiger charge is 2.32. The molecule has 0 atom stereocenters. The number of aromatic nitrogens is 1. The predicted octanol–water partition coefficient (Wildman–Crippen LogP) is 4.26. The van der Waals surface area contributed by atoms with E-state index >= 15 is 0 Å². The molecular formula is C23H20FN3O2S2. The summed E-state index contributed by atoms with van der Waals surface area (Å²) in [7, 11) is 0. The Labute approximate surface area is 188 Å². The summed E-state index contributed by atoms with van der Waals surface area (Å²) < 4.78 is 14.2. The van der Waals surface area contributed by atoms with Crippen LogP contribution in [0.1, 0.15) is 17.5 Å². The Bertz CT molecular complexity index is 1190. The van der Waals surface area contributed by atoms with Crippen molar-refractivity contribution < 1.29 is 14.0 Å². The van der Waals surface area contributed by atoms with Crippen LogP contribution >= 0.6 is 24.0 Å². The third-order valence-electron chi connectivity index (χ3n) is 5.02. The zero-order chi connectivity index (χ0) is 21.8. The lowest BCUT2D eigenvalue weighted by atomic mass is 10.1. The molecule has 5 nitrogen and oxygen atoms in total. The van der Waals surface area contributed by atoms with Gasteiger partial charge in [-0.15, -0.1) is 0 Å². The summed E-state index contributed by atoms with van der Waals surface area (Å²) in [5.41, 5.74) is 2.55. The molecule has 0 unspecified atom stereocenters. The third-order valence-corrected chi connectivity index (χ3v) is 6.40. The number of rotatable bonds is 7. The van der Waals surface area contributed by atoms with Crippen LogP contribution in [0.15, 0.2) is 59.6 Å². The van der Waals surface area contributed by atoms with Crippen LogP contribution in [0.3, 0.4) is 0 Å². The van der Waals surface area contributed by atoms with Gasteiger partial charge in [-0.25, -0.2) is 4.39 Å². The molecule has 1 aliphatic rings. The average Bonchev–Trinajstić information content (AvgIpc) is 3.29. The van der Waals surface area contributed by atoms with Gasteiger partial charge in [0, 0.05) is 42.2 Å². The van der Waals surface area contributed by atoms with E-state index < -0.39 is 5.82 Å². The van der Waals surface area contributed by atoms with E-state index in [2.05, 4.69) is 10.3 Å². The second kappa shape index (κ2) is 9.45. The fraction of sp³-hybridized carbons (Fsp3) is 0.174. The van der Waals surface area contributed by atoms with Crippen LogP contribution < -0.4 is 5.32 Å². The van der Waals surface area contributed by atoms with Gasteiger partial charge in [-0.3, -0.25) is 14.5 Å². The molecule has 0 bridgehead atoms. The van der Waals surface area contributed by atoms with Crippen molar-refractivity contribution in [2.75, 3.05) is 13.1 Å². The molecule has 0 radical (unpaired) electrons. The molecule has 1 fully saturated rings. The minimum absolute atomic E-state index is 0.146. The number of nitrogens with one attached hydrogen (secondary N) is 2. The summed E-state index contributed by atoms with van der Waals surface area (Å²) in [5, 5.41) is 4.04. The number of para-hydroxylation sites is 1. The van der Waals surface area contributed by atoms with Crippen molar-refractivity contribution in [1.29, 1.82) is 0 Å². The topological polar surface area (TPSA) is 65.2 Å². The molecule has 31 heavy (non-hydrogen) atoms. The van der Waals surface area contributed by atoms with Crippen LogP contribution in [0.4, 0.5) is 4.39 Å². The zero-order valence-electron chi connectivity index (χ0n) is 16.6. The minimum Gasteiger partial charge on any atom is -0.361 e. The van der Waals surface area contributed by atoms with E-state index in [0.717, 1.165) is 28.2 Å². The lowest BCUT2D eigenvalue weighted by Crippen LogP contribution is -2.34. The zero-order valence-corrected chi connectivity index (χ0v) is 18.2. The van der Waals surface area contributed by atoms with E-state index in [0.29, 0.717) is 27.8 Å². The van der Waals surface area contributed by atoms with Crippen LogP contribution in [0.5, 0.6) is 0 Å². The molecule has 1 saturated heterocycles. The van der Waals surface area contributed by atoms with Crippen molar-refractivity contribution in [3.63, 3.8) is 0 Å². The SMILES string of the molecule is O=C(CCN1C(=O)C(=Cc2ccccc2F)SC1=S)NCCc1c[nH]c2ccccc12. The second-order valence-electron chi connectivity index (χ2n) is 7.06. The standard InChI is InChI=1S/C23H20FN3O2S2/c24-18-7-3-1-5-15(18)13-20-22(29)27(23(30)31-20)12-10-21(28)25-11-9-16-14-26-19-8-4-2-6-17(16)19/h1-8,13-14,26H,9-12H2,(H,25,28). The molecule has 2 N–H and O–H groups in total. The Kier molecular flexibility index (Phi) is 6.48. The minimum atomic E-state index is -0.401. The molecule has 2 heterocycles. The van der Waals surface area contributed by atoms with Gasteiger partial charge in [0.2, 0.25) is 5.91 Å². The van der Waals surface area contributed by atoms with Gasteiger partial charge in [0.05, 0.1) is 4.91 Å². The monoisotopic (exact) mass is 453 g/mol. The summed E-state index contributed by atoms with van der Waals surface area (Å²) >= 11 is 6.40. The maximum atomic E-state index is 13.9. The summed E-state index contributed by atoms with van der Waals surface area (Å²) in [6.07, 6.45) is 4.31. The van der Waals surface area contributed by atoms with Gasteiger partial charge >= 0.3 is 0 Å². The number of amides is 2. The molecule has 4 rings (SSSR count). The largest absolute Gasteiger partial charge is 0.361 e. The highest BCUT2D eigenvalue weighted by molar-refractivity contribution is 8.26. The first-order chi connectivity index (χ1) is 15.0. The van der Waals surface area contributed by atoms with Crippen LogP contribution in [0, 0.1) is 5.82 Å². The summed E-state index contributed by atoms with van der Waals surface area (Å²) in [5.74, 6) is -0.848. The van der Waals surface area contributed by atoms with Crippen molar-refractivity contribution in [2.45, 2.75) is 12.8 Å². The van der Waals surface area contributed by atoms with E-state index in [1.165, 1.54) is 17.0 Å². The number of thioether (sulfide) groups is 1. The molecule has 0 saturated carbocycles. The Morgan fingerprint density at radius 3 is 2.81 bits per heavy atom. The van der Waals surface area contributed by atoms with Gasteiger partial charge < -0.3 is 10.3 Å². The first kappa shape index (κ1) is 21.3. The molecule has 2 aromatic carbocycles. The van der Waals surface area contributed by atoms with Gasteiger partial charge in [0.15, 0.2) is 0 Å². The Hall–Kier alpha value is -2.97. The molecule has 3 aromatic rings. The van der Waals surface area contributed by atoms with E-state index in [9.17, 15) is 14.0 Å². The van der Waals surface area contributed by atoms with Crippen molar-refractivity contribution in [1.82, 2.24) is 15.2 Å². The van der Waals surface area contributed by atoms with Gasteiger partial charge in [0.25, 0.3) is 5.91 Å². The number of thiocarbonyl (C=S) groups is 1. The van der Waals surface area contributed by atoms with Gasteiger partial charge in [-0.1, -0.05) is 60.4 Å². The second-order valence-corrected chi connectivity index (χ2v) is 8.74. The quantitative estimate of drug-likeness (QED) is 0.415. The third kappa shape index (κ3) is 4.86. The van der Waals surface area contributed by atoms with E-state index in [1.807, 2.05) is 30.5 Å². The summed E-state index contributed by atoms with van der Waals surface area (Å²) in [6, 6.07) is 14.3. The normalized spacial score (nSPS) is 15.3. The number of fused-ring (bicyclic) bond motifs is 1. The lowest BCUT2D eigenvalue weighted by molar-refractivity contribution is -0.123. The average molecular weight is 454 g/mol. The van der Waals surface area contributed by atoms with Crippen LogP contribution in [-0.2, 0) is 16.0 Å². The van der Waals surface area contributed by atoms with Crippen molar-refractivity contribution in [3.05, 3.63) is 76.6 Å². The van der Waals surface area contributed by atoms with Crippen molar-refractivity contribution in [2.24, 2.45) is 0 Å². The fourth-order valence-corrected chi connectivity index (χ4v) is 4.70. The molecule has 158 valence electrons. The van der Waals surface area contributed by atoms with E-state index in [-0.39, 0.29) is 24.8 Å². The Morgan fingerprint density at radius 2 is 1.97 bits per heavy atom.